The van der Waals surface area contributed by atoms with Gasteiger partial charge in [-0.2, -0.15) is 13.2 Å². The van der Waals surface area contributed by atoms with Gasteiger partial charge in [0.25, 0.3) is 0 Å². The van der Waals surface area contributed by atoms with Gasteiger partial charge in [0.05, 0.1) is 18.8 Å². The van der Waals surface area contributed by atoms with Gasteiger partial charge in [0.1, 0.15) is 5.75 Å². The van der Waals surface area contributed by atoms with Crippen LogP contribution in [0.25, 0.3) is 10.8 Å². The first-order valence-electron chi connectivity index (χ1n) is 9.58. The molecule has 0 bridgehead atoms. The smallest absolute Gasteiger partial charge is 0.422 e. The van der Waals surface area contributed by atoms with Crippen LogP contribution in [0.5, 0.6) is 5.75 Å². The molecule has 0 radical (unpaired) electrons. The fraction of sp³-hybridized carbons (Fsp3) is 0.273. The van der Waals surface area contributed by atoms with Crippen LogP contribution in [-0.2, 0) is 13.1 Å². The Balaban J connectivity index is 0.00000341. The number of fused-ring (bicyclic) bond motifs is 1. The van der Waals surface area contributed by atoms with Gasteiger partial charge in [0.15, 0.2) is 12.6 Å². The summed E-state index contributed by atoms with van der Waals surface area (Å²) < 4.78 is 41.4. The quantitative estimate of drug-likeness (QED) is 0.249. The Bertz CT molecular complexity index is 989. The van der Waals surface area contributed by atoms with Crippen molar-refractivity contribution < 1.29 is 17.9 Å². The number of guanidine groups is 1. The van der Waals surface area contributed by atoms with Crippen molar-refractivity contribution in [2.75, 3.05) is 13.2 Å². The van der Waals surface area contributed by atoms with Crippen molar-refractivity contribution >= 4 is 40.7 Å². The molecule has 31 heavy (non-hydrogen) atoms. The number of hydrogen-bond donors (Lipinski definition) is 2. The average molecular weight is 544 g/mol. The molecule has 0 saturated heterocycles. The molecule has 1 aromatic heterocycles. The Kier molecular flexibility index (Phi) is 9.35. The lowest BCUT2D eigenvalue weighted by atomic mass is 10.1. The van der Waals surface area contributed by atoms with E-state index in [9.17, 15) is 13.2 Å². The van der Waals surface area contributed by atoms with Crippen molar-refractivity contribution in [2.24, 2.45) is 4.99 Å². The van der Waals surface area contributed by atoms with Gasteiger partial charge in [-0.05, 0) is 36.1 Å². The lowest BCUT2D eigenvalue weighted by molar-refractivity contribution is -0.153. The number of hydrogen-bond acceptors (Lipinski definition) is 3. The van der Waals surface area contributed by atoms with Crippen LogP contribution in [0.4, 0.5) is 13.2 Å². The molecule has 0 amide bonds. The van der Waals surface area contributed by atoms with Gasteiger partial charge in [0, 0.05) is 18.1 Å². The molecule has 3 rings (SSSR count). The third kappa shape index (κ3) is 7.89. The van der Waals surface area contributed by atoms with Crippen LogP contribution in [-0.4, -0.2) is 30.3 Å². The summed E-state index contributed by atoms with van der Waals surface area (Å²) in [6.45, 7) is 2.25. The maximum absolute atomic E-state index is 12.2. The van der Waals surface area contributed by atoms with Gasteiger partial charge < -0.3 is 15.4 Å². The van der Waals surface area contributed by atoms with Crippen molar-refractivity contribution in [1.29, 1.82) is 0 Å². The Morgan fingerprint density at radius 2 is 1.77 bits per heavy atom. The SMILES string of the molecule is CCNC(=NCc1ccc(OCC(F)(F)F)cc1)NCc1nccc2ccccc12.I. The predicted octanol–water partition coefficient (Wildman–Crippen LogP) is 5.05. The highest BCUT2D eigenvalue weighted by Crippen LogP contribution is 2.19. The Hall–Kier alpha value is -2.56. The van der Waals surface area contributed by atoms with Crippen LogP contribution < -0.4 is 15.4 Å². The fourth-order valence-corrected chi connectivity index (χ4v) is 2.86. The minimum atomic E-state index is -4.35. The number of nitrogens with one attached hydrogen (secondary N) is 2. The van der Waals surface area contributed by atoms with E-state index < -0.39 is 12.8 Å². The van der Waals surface area contributed by atoms with Crippen LogP contribution in [0, 0.1) is 0 Å². The molecule has 0 aliphatic carbocycles. The first-order chi connectivity index (χ1) is 14.4. The second kappa shape index (κ2) is 11.7. The summed E-state index contributed by atoms with van der Waals surface area (Å²) in [4.78, 5) is 9.00. The first kappa shape index (κ1) is 24.7. The minimum absolute atomic E-state index is 0. The topological polar surface area (TPSA) is 58.5 Å². The van der Waals surface area contributed by atoms with E-state index in [1.54, 1.807) is 18.3 Å². The summed E-state index contributed by atoms with van der Waals surface area (Å²) in [6.07, 6.45) is -2.57. The van der Waals surface area contributed by atoms with Crippen LogP contribution in [0.3, 0.4) is 0 Å². The highest BCUT2D eigenvalue weighted by molar-refractivity contribution is 14.0. The molecule has 166 valence electrons. The summed E-state index contributed by atoms with van der Waals surface area (Å²) >= 11 is 0. The molecule has 2 aromatic carbocycles. The molecule has 0 aliphatic rings. The Labute approximate surface area is 196 Å². The number of ether oxygens (including phenoxy) is 1. The third-order valence-corrected chi connectivity index (χ3v) is 4.27. The van der Waals surface area contributed by atoms with E-state index in [2.05, 4.69) is 20.6 Å². The maximum atomic E-state index is 12.2. The van der Waals surface area contributed by atoms with E-state index in [-0.39, 0.29) is 29.7 Å². The normalized spacial score (nSPS) is 11.7. The molecule has 0 fully saturated rings. The molecule has 0 unspecified atom stereocenters. The van der Waals surface area contributed by atoms with Crippen molar-refractivity contribution in [3.05, 3.63) is 72.1 Å². The number of benzene rings is 2. The zero-order valence-corrected chi connectivity index (χ0v) is 19.3. The van der Waals surface area contributed by atoms with Crippen LogP contribution in [0.15, 0.2) is 65.8 Å². The average Bonchev–Trinajstić information content (AvgIpc) is 2.74. The summed E-state index contributed by atoms with van der Waals surface area (Å²) in [7, 11) is 0. The number of alkyl halides is 3. The van der Waals surface area contributed by atoms with E-state index in [4.69, 9.17) is 4.74 Å². The number of halogens is 4. The Morgan fingerprint density at radius 1 is 1.03 bits per heavy atom. The lowest BCUT2D eigenvalue weighted by Gasteiger charge is -2.12. The number of pyridine rings is 1. The molecule has 0 saturated carbocycles. The van der Waals surface area contributed by atoms with Gasteiger partial charge in [-0.25, -0.2) is 4.99 Å². The largest absolute Gasteiger partial charge is 0.484 e. The number of aliphatic imine (C=N–C) groups is 1. The van der Waals surface area contributed by atoms with E-state index in [1.807, 2.05) is 37.3 Å². The maximum Gasteiger partial charge on any atom is 0.422 e. The molecule has 9 heteroatoms. The molecule has 5 nitrogen and oxygen atoms in total. The van der Waals surface area contributed by atoms with Gasteiger partial charge >= 0.3 is 6.18 Å². The van der Waals surface area contributed by atoms with Crippen molar-refractivity contribution in [3.8, 4) is 5.75 Å². The van der Waals surface area contributed by atoms with E-state index in [0.717, 1.165) is 22.0 Å². The standard InChI is InChI=1S/C22H23F3N4O.HI/c1-2-26-21(29-14-20-19-6-4-3-5-17(19)11-12-27-20)28-13-16-7-9-18(10-8-16)30-15-22(23,24)25;/h3-12H,2,13-15H2,1H3,(H2,26,28,29);1H. The summed E-state index contributed by atoms with van der Waals surface area (Å²) in [5, 5.41) is 8.66. The fourth-order valence-electron chi connectivity index (χ4n) is 2.86. The predicted molar refractivity (Wildman–Crippen MR) is 127 cm³/mol. The highest BCUT2D eigenvalue weighted by atomic mass is 127. The molecule has 1 heterocycles. The second-order valence-electron chi connectivity index (χ2n) is 6.58. The Morgan fingerprint density at radius 3 is 2.48 bits per heavy atom. The van der Waals surface area contributed by atoms with Crippen LogP contribution in [0.2, 0.25) is 0 Å². The number of rotatable bonds is 7. The van der Waals surface area contributed by atoms with Crippen LogP contribution in [0.1, 0.15) is 18.2 Å². The van der Waals surface area contributed by atoms with E-state index >= 15 is 0 Å². The van der Waals surface area contributed by atoms with Crippen molar-refractivity contribution in [3.63, 3.8) is 0 Å². The summed E-state index contributed by atoms with van der Waals surface area (Å²) in [5.41, 5.74) is 1.78. The lowest BCUT2D eigenvalue weighted by Crippen LogP contribution is -2.37. The van der Waals surface area contributed by atoms with E-state index in [0.29, 0.717) is 25.6 Å². The first-order valence-corrected chi connectivity index (χ1v) is 9.58. The van der Waals surface area contributed by atoms with E-state index in [1.165, 1.54) is 12.1 Å². The summed E-state index contributed by atoms with van der Waals surface area (Å²) in [6, 6.07) is 16.4. The van der Waals surface area contributed by atoms with Gasteiger partial charge in [-0.15, -0.1) is 24.0 Å². The molecule has 3 aromatic rings. The summed E-state index contributed by atoms with van der Waals surface area (Å²) in [5.74, 6) is 0.803. The number of aromatic nitrogens is 1. The number of nitrogens with zero attached hydrogens (tertiary/aromatic N) is 2. The highest BCUT2D eigenvalue weighted by Gasteiger charge is 2.28. The third-order valence-electron chi connectivity index (χ3n) is 4.27. The molecular weight excluding hydrogens is 520 g/mol. The molecule has 0 atom stereocenters. The second-order valence-corrected chi connectivity index (χ2v) is 6.58. The van der Waals surface area contributed by atoms with Gasteiger partial charge in [0.2, 0.25) is 0 Å². The molecule has 2 N–H and O–H groups in total. The zero-order chi connectivity index (χ0) is 21.4. The van der Waals surface area contributed by atoms with Gasteiger partial charge in [-0.1, -0.05) is 36.4 Å². The zero-order valence-electron chi connectivity index (χ0n) is 16.9. The monoisotopic (exact) mass is 544 g/mol. The molecular formula is C22H24F3IN4O. The molecule has 0 spiro atoms. The van der Waals surface area contributed by atoms with Crippen molar-refractivity contribution in [2.45, 2.75) is 26.2 Å². The van der Waals surface area contributed by atoms with Gasteiger partial charge in [-0.3, -0.25) is 4.98 Å². The van der Waals surface area contributed by atoms with Crippen LogP contribution >= 0.6 is 24.0 Å². The minimum Gasteiger partial charge on any atom is -0.484 e. The van der Waals surface area contributed by atoms with Crippen molar-refractivity contribution in [1.82, 2.24) is 15.6 Å². The molecule has 0 aliphatic heterocycles.